The van der Waals surface area contributed by atoms with E-state index in [1.165, 1.54) is 26.4 Å². The lowest BCUT2D eigenvalue weighted by atomic mass is 9.98. The zero-order valence-electron chi connectivity index (χ0n) is 15.6. The van der Waals surface area contributed by atoms with E-state index in [1.54, 1.807) is 6.92 Å². The van der Waals surface area contributed by atoms with Gasteiger partial charge in [-0.3, -0.25) is 4.79 Å². The molecule has 0 aliphatic heterocycles. The summed E-state index contributed by atoms with van der Waals surface area (Å²) >= 11 is 0. The van der Waals surface area contributed by atoms with Crippen LogP contribution in [-0.2, 0) is 15.9 Å². The Bertz CT molecular complexity index is 588. The van der Waals surface area contributed by atoms with Gasteiger partial charge in [0, 0.05) is 18.8 Å². The van der Waals surface area contributed by atoms with Gasteiger partial charge in [0.15, 0.2) is 0 Å². The van der Waals surface area contributed by atoms with E-state index in [0.29, 0.717) is 42.5 Å². The topological polar surface area (TPSA) is 80.4 Å². The third kappa shape index (κ3) is 5.08. The number of methoxy groups -OCH3 is 1. The summed E-state index contributed by atoms with van der Waals surface area (Å²) in [6.45, 7) is 4.92. The first kappa shape index (κ1) is 19.5. The van der Waals surface area contributed by atoms with Crippen LogP contribution in [0.15, 0.2) is 0 Å². The summed E-state index contributed by atoms with van der Waals surface area (Å²) in [4.78, 5) is 27.4. The van der Waals surface area contributed by atoms with Crippen molar-refractivity contribution in [3.05, 3.63) is 22.5 Å². The van der Waals surface area contributed by atoms with E-state index in [2.05, 4.69) is 10.3 Å². The average molecular weight is 350 g/mol. The number of amides is 1. The van der Waals surface area contributed by atoms with Crippen molar-refractivity contribution >= 4 is 11.9 Å². The molecule has 6 nitrogen and oxygen atoms in total. The van der Waals surface area contributed by atoms with Crippen LogP contribution in [0.2, 0.25) is 0 Å². The van der Waals surface area contributed by atoms with Gasteiger partial charge in [0.2, 0.25) is 0 Å². The first-order chi connectivity index (χ1) is 12.1. The third-order valence-electron chi connectivity index (χ3n) is 4.81. The molecule has 1 aliphatic rings. The van der Waals surface area contributed by atoms with Crippen LogP contribution in [0.25, 0.3) is 0 Å². The Kier molecular flexibility index (Phi) is 7.50. The van der Waals surface area contributed by atoms with Crippen molar-refractivity contribution < 1.29 is 19.1 Å². The predicted octanol–water partition coefficient (Wildman–Crippen LogP) is 3.14. The third-order valence-corrected chi connectivity index (χ3v) is 4.81. The number of nitrogens with one attached hydrogen (secondary N) is 2. The Balaban J connectivity index is 1.82. The number of rotatable bonds is 8. The number of hydrogen-bond donors (Lipinski definition) is 2. The molecule has 0 spiro atoms. The minimum atomic E-state index is -0.412. The molecule has 1 aliphatic carbocycles. The molecular weight excluding hydrogens is 320 g/mol. The molecule has 1 fully saturated rings. The highest BCUT2D eigenvalue weighted by atomic mass is 16.5. The molecule has 25 heavy (non-hydrogen) atoms. The van der Waals surface area contributed by atoms with Gasteiger partial charge in [-0.15, -0.1) is 0 Å². The molecule has 0 aromatic carbocycles. The van der Waals surface area contributed by atoms with Crippen LogP contribution in [0, 0.1) is 6.92 Å². The molecule has 0 bridgehead atoms. The van der Waals surface area contributed by atoms with Crippen molar-refractivity contribution in [3.63, 3.8) is 0 Å². The van der Waals surface area contributed by atoms with E-state index in [9.17, 15) is 9.59 Å². The van der Waals surface area contributed by atoms with Gasteiger partial charge >= 0.3 is 5.97 Å². The van der Waals surface area contributed by atoms with Gasteiger partial charge in [-0.25, -0.2) is 4.79 Å². The van der Waals surface area contributed by atoms with Crippen LogP contribution >= 0.6 is 0 Å². The maximum atomic E-state index is 12.4. The summed E-state index contributed by atoms with van der Waals surface area (Å²) in [7, 11) is 1.35. The van der Waals surface area contributed by atoms with Gasteiger partial charge in [0.1, 0.15) is 5.69 Å². The minimum Gasteiger partial charge on any atom is -0.465 e. The highest BCUT2D eigenvalue weighted by Gasteiger charge is 2.23. The van der Waals surface area contributed by atoms with Crippen molar-refractivity contribution in [1.29, 1.82) is 0 Å². The molecule has 2 N–H and O–H groups in total. The number of esters is 1. The van der Waals surface area contributed by atoms with Crippen molar-refractivity contribution in [2.75, 3.05) is 20.3 Å². The Hall–Kier alpha value is -1.82. The summed E-state index contributed by atoms with van der Waals surface area (Å²) in [5.74, 6) is -0.606. The highest BCUT2D eigenvalue weighted by Crippen LogP contribution is 2.21. The maximum Gasteiger partial charge on any atom is 0.339 e. The molecule has 1 saturated carbocycles. The lowest BCUT2D eigenvalue weighted by Crippen LogP contribution is -2.27. The fraction of sp³-hybridized carbons (Fsp3) is 0.684. The van der Waals surface area contributed by atoms with Crippen LogP contribution in [0.5, 0.6) is 0 Å². The normalized spacial score (nSPS) is 15.2. The second-order valence-corrected chi connectivity index (χ2v) is 6.56. The van der Waals surface area contributed by atoms with E-state index in [4.69, 9.17) is 9.47 Å². The molecule has 1 amide bonds. The van der Waals surface area contributed by atoms with E-state index >= 15 is 0 Å². The van der Waals surface area contributed by atoms with Gasteiger partial charge < -0.3 is 19.8 Å². The van der Waals surface area contributed by atoms with Crippen LogP contribution in [0.3, 0.4) is 0 Å². The van der Waals surface area contributed by atoms with E-state index in [0.717, 1.165) is 25.0 Å². The number of aromatic amines is 1. The Morgan fingerprint density at radius 3 is 2.60 bits per heavy atom. The van der Waals surface area contributed by atoms with Crippen molar-refractivity contribution in [2.24, 2.45) is 0 Å². The Morgan fingerprint density at radius 1 is 1.24 bits per heavy atom. The molecule has 6 heteroatoms. The van der Waals surface area contributed by atoms with Gasteiger partial charge in [-0.05, 0) is 38.2 Å². The predicted molar refractivity (Wildman–Crippen MR) is 96.0 cm³/mol. The second kappa shape index (κ2) is 9.61. The van der Waals surface area contributed by atoms with Crippen LogP contribution < -0.4 is 5.32 Å². The van der Waals surface area contributed by atoms with Gasteiger partial charge in [0.25, 0.3) is 5.91 Å². The first-order valence-electron chi connectivity index (χ1n) is 9.28. The van der Waals surface area contributed by atoms with Crippen molar-refractivity contribution in [2.45, 2.75) is 64.9 Å². The zero-order valence-corrected chi connectivity index (χ0v) is 15.6. The lowest BCUT2D eigenvalue weighted by molar-refractivity contribution is 0.0273. The van der Waals surface area contributed by atoms with Crippen LogP contribution in [0.4, 0.5) is 0 Å². The Labute approximate surface area is 149 Å². The standard InChI is InChI=1S/C19H30N2O4/c1-4-15-16(19(23)24-3)13(2)17(21-15)18(22)20-11-8-12-25-14-9-6-5-7-10-14/h14,21H,4-12H2,1-3H3,(H,20,22). The molecule has 2 rings (SSSR count). The van der Waals surface area contributed by atoms with Crippen LogP contribution in [0.1, 0.15) is 77.6 Å². The number of carbonyl (C=O) groups is 2. The number of hydrogen-bond acceptors (Lipinski definition) is 4. The van der Waals surface area contributed by atoms with E-state index < -0.39 is 5.97 Å². The van der Waals surface area contributed by atoms with Gasteiger partial charge in [-0.2, -0.15) is 0 Å². The molecule has 1 aromatic heterocycles. The largest absolute Gasteiger partial charge is 0.465 e. The van der Waals surface area contributed by atoms with Crippen LogP contribution in [-0.4, -0.2) is 43.2 Å². The van der Waals surface area contributed by atoms with Gasteiger partial charge in [0.05, 0.1) is 18.8 Å². The van der Waals surface area contributed by atoms with E-state index in [-0.39, 0.29) is 5.91 Å². The second-order valence-electron chi connectivity index (χ2n) is 6.56. The number of ether oxygens (including phenoxy) is 2. The monoisotopic (exact) mass is 350 g/mol. The summed E-state index contributed by atoms with van der Waals surface area (Å²) in [6.07, 6.45) is 7.96. The molecule has 0 saturated heterocycles. The molecule has 0 radical (unpaired) electrons. The number of H-pyrrole nitrogens is 1. The number of carbonyl (C=O) groups excluding carboxylic acids is 2. The SMILES string of the molecule is CCc1[nH]c(C(=O)NCCCOC2CCCCC2)c(C)c1C(=O)OC. The minimum absolute atomic E-state index is 0.194. The molecule has 1 aromatic rings. The fourth-order valence-electron chi connectivity index (χ4n) is 3.37. The number of aromatic nitrogens is 1. The average Bonchev–Trinajstić information content (AvgIpc) is 2.98. The quantitative estimate of drug-likeness (QED) is 0.557. The summed E-state index contributed by atoms with van der Waals surface area (Å²) < 4.78 is 10.7. The zero-order chi connectivity index (χ0) is 18.2. The van der Waals surface area contributed by atoms with Gasteiger partial charge in [-0.1, -0.05) is 26.2 Å². The summed E-state index contributed by atoms with van der Waals surface area (Å²) in [6, 6.07) is 0. The Morgan fingerprint density at radius 2 is 1.96 bits per heavy atom. The van der Waals surface area contributed by atoms with E-state index in [1.807, 2.05) is 6.92 Å². The molecule has 1 heterocycles. The molecule has 0 unspecified atom stereocenters. The van der Waals surface area contributed by atoms with Crippen molar-refractivity contribution in [1.82, 2.24) is 10.3 Å². The molecular formula is C19H30N2O4. The lowest BCUT2D eigenvalue weighted by Gasteiger charge is -2.21. The maximum absolute atomic E-state index is 12.4. The smallest absolute Gasteiger partial charge is 0.339 e. The highest BCUT2D eigenvalue weighted by molar-refractivity contribution is 6.00. The number of aryl methyl sites for hydroxylation is 1. The summed E-state index contributed by atoms with van der Waals surface area (Å²) in [5, 5.41) is 2.90. The van der Waals surface area contributed by atoms with Crippen molar-refractivity contribution in [3.8, 4) is 0 Å². The molecule has 140 valence electrons. The fourth-order valence-corrected chi connectivity index (χ4v) is 3.37. The molecule has 0 atom stereocenters. The first-order valence-corrected chi connectivity index (χ1v) is 9.28. The summed E-state index contributed by atoms with van der Waals surface area (Å²) in [5.41, 5.74) is 2.27.